The van der Waals surface area contributed by atoms with Crippen molar-refractivity contribution in [1.82, 2.24) is 4.98 Å². The molecule has 0 amide bonds. The standard InChI is InChI=1S/C14H13N3O3/c1-3-19-13(18)12-9(2)16-14(20-12)17-11-6-4-5-10(7-11)8-15/h4-7H,3H2,1-2H3,(H,16,17). The van der Waals surface area contributed by atoms with Crippen molar-refractivity contribution in [2.45, 2.75) is 13.8 Å². The number of benzene rings is 1. The Morgan fingerprint density at radius 1 is 1.55 bits per heavy atom. The molecule has 6 heteroatoms. The number of nitrogens with one attached hydrogen (secondary N) is 1. The van der Waals surface area contributed by atoms with Gasteiger partial charge in [0.25, 0.3) is 6.01 Å². The Kier molecular flexibility index (Phi) is 4.01. The van der Waals surface area contributed by atoms with E-state index in [1.54, 1.807) is 38.1 Å². The third-order valence-corrected chi connectivity index (χ3v) is 2.50. The Morgan fingerprint density at radius 3 is 3.05 bits per heavy atom. The number of hydrogen-bond donors (Lipinski definition) is 1. The SMILES string of the molecule is CCOC(=O)c1oc(Nc2cccc(C#N)c2)nc1C. The molecule has 0 aliphatic carbocycles. The number of nitriles is 1. The second-order valence-corrected chi connectivity index (χ2v) is 3.97. The van der Waals surface area contributed by atoms with E-state index in [0.29, 0.717) is 16.9 Å². The summed E-state index contributed by atoms with van der Waals surface area (Å²) in [5, 5.41) is 11.7. The number of oxazole rings is 1. The monoisotopic (exact) mass is 271 g/mol. The Balaban J connectivity index is 2.20. The van der Waals surface area contributed by atoms with Gasteiger partial charge in [0.2, 0.25) is 5.76 Å². The molecule has 20 heavy (non-hydrogen) atoms. The molecule has 0 saturated carbocycles. The summed E-state index contributed by atoms with van der Waals surface area (Å²) >= 11 is 0. The number of carbonyl (C=O) groups excluding carboxylic acids is 1. The van der Waals surface area contributed by atoms with Gasteiger partial charge in [0.15, 0.2) is 0 Å². The number of nitrogens with zero attached hydrogens (tertiary/aromatic N) is 2. The molecular weight excluding hydrogens is 258 g/mol. The Hall–Kier alpha value is -2.81. The van der Waals surface area contributed by atoms with Crippen molar-refractivity contribution in [3.05, 3.63) is 41.3 Å². The minimum atomic E-state index is -0.545. The number of esters is 1. The van der Waals surface area contributed by atoms with E-state index in [0.717, 1.165) is 0 Å². The number of rotatable bonds is 4. The summed E-state index contributed by atoms with van der Waals surface area (Å²) in [7, 11) is 0. The van der Waals surface area contributed by atoms with Gasteiger partial charge in [0.1, 0.15) is 0 Å². The minimum Gasteiger partial charge on any atom is -0.460 e. The lowest BCUT2D eigenvalue weighted by molar-refractivity contribution is 0.0490. The van der Waals surface area contributed by atoms with E-state index in [9.17, 15) is 4.79 Å². The molecule has 0 fully saturated rings. The summed E-state index contributed by atoms with van der Waals surface area (Å²) in [6, 6.07) is 9.07. The van der Waals surface area contributed by atoms with Crippen LogP contribution in [0.4, 0.5) is 11.7 Å². The lowest BCUT2D eigenvalue weighted by Gasteiger charge is -2.01. The first kappa shape index (κ1) is 13.6. The van der Waals surface area contributed by atoms with Crippen LogP contribution < -0.4 is 5.32 Å². The predicted octanol–water partition coefficient (Wildman–Crippen LogP) is 2.78. The fourth-order valence-corrected chi connectivity index (χ4v) is 1.63. The number of anilines is 2. The zero-order chi connectivity index (χ0) is 14.5. The average molecular weight is 271 g/mol. The van der Waals surface area contributed by atoms with Crippen molar-refractivity contribution in [3.63, 3.8) is 0 Å². The van der Waals surface area contributed by atoms with E-state index in [2.05, 4.69) is 10.3 Å². The van der Waals surface area contributed by atoms with E-state index in [1.807, 2.05) is 6.07 Å². The topological polar surface area (TPSA) is 88.1 Å². The molecule has 0 aliphatic heterocycles. The van der Waals surface area contributed by atoms with Crippen LogP contribution in [-0.2, 0) is 4.74 Å². The second-order valence-electron chi connectivity index (χ2n) is 3.97. The lowest BCUT2D eigenvalue weighted by atomic mass is 10.2. The van der Waals surface area contributed by atoms with Gasteiger partial charge >= 0.3 is 5.97 Å². The highest BCUT2D eigenvalue weighted by Crippen LogP contribution is 2.20. The van der Waals surface area contributed by atoms with Crippen molar-refractivity contribution in [3.8, 4) is 6.07 Å². The van der Waals surface area contributed by atoms with Gasteiger partial charge in [0.05, 0.1) is 23.9 Å². The first-order chi connectivity index (χ1) is 9.63. The molecule has 0 bridgehead atoms. The molecule has 102 valence electrons. The van der Waals surface area contributed by atoms with Crippen molar-refractivity contribution >= 4 is 17.7 Å². The lowest BCUT2D eigenvalue weighted by Crippen LogP contribution is -2.04. The molecule has 1 N–H and O–H groups in total. The Bertz CT molecular complexity index is 671. The van der Waals surface area contributed by atoms with Crippen LogP contribution in [0.1, 0.15) is 28.7 Å². The fraction of sp³-hybridized carbons (Fsp3) is 0.214. The van der Waals surface area contributed by atoms with E-state index in [4.69, 9.17) is 14.4 Å². The maximum absolute atomic E-state index is 11.6. The van der Waals surface area contributed by atoms with Gasteiger partial charge in [-0.05, 0) is 32.0 Å². The van der Waals surface area contributed by atoms with Gasteiger partial charge in [-0.15, -0.1) is 0 Å². The maximum atomic E-state index is 11.6. The third kappa shape index (κ3) is 2.95. The third-order valence-electron chi connectivity index (χ3n) is 2.50. The molecule has 1 aromatic heterocycles. The first-order valence-corrected chi connectivity index (χ1v) is 6.05. The van der Waals surface area contributed by atoms with E-state index < -0.39 is 5.97 Å². The summed E-state index contributed by atoms with van der Waals surface area (Å²) in [6.07, 6.45) is 0. The summed E-state index contributed by atoms with van der Waals surface area (Å²) in [5.41, 5.74) is 1.62. The zero-order valence-electron chi connectivity index (χ0n) is 11.1. The molecule has 0 aliphatic rings. The van der Waals surface area contributed by atoms with Crippen LogP contribution in [0.3, 0.4) is 0 Å². The molecule has 2 aromatic rings. The molecule has 2 rings (SSSR count). The van der Waals surface area contributed by atoms with Crippen LogP contribution in [0.15, 0.2) is 28.7 Å². The molecule has 6 nitrogen and oxygen atoms in total. The number of aromatic nitrogens is 1. The normalized spacial score (nSPS) is 9.85. The van der Waals surface area contributed by atoms with E-state index in [1.165, 1.54) is 0 Å². The van der Waals surface area contributed by atoms with Gasteiger partial charge in [-0.3, -0.25) is 0 Å². The predicted molar refractivity (Wildman–Crippen MR) is 71.6 cm³/mol. The number of carbonyl (C=O) groups is 1. The Labute approximate surface area is 116 Å². The van der Waals surface area contributed by atoms with E-state index in [-0.39, 0.29) is 18.4 Å². The van der Waals surface area contributed by atoms with Gasteiger partial charge in [-0.1, -0.05) is 6.07 Å². The number of hydrogen-bond acceptors (Lipinski definition) is 6. The van der Waals surface area contributed by atoms with Gasteiger partial charge < -0.3 is 14.5 Å². The molecule has 0 atom stereocenters. The quantitative estimate of drug-likeness (QED) is 0.860. The minimum absolute atomic E-state index is 0.0748. The number of ether oxygens (including phenoxy) is 1. The summed E-state index contributed by atoms with van der Waals surface area (Å²) in [5.74, 6) is -0.470. The summed E-state index contributed by atoms with van der Waals surface area (Å²) in [6.45, 7) is 3.65. The van der Waals surface area contributed by atoms with Crippen LogP contribution in [0, 0.1) is 18.3 Å². The van der Waals surface area contributed by atoms with Crippen LogP contribution in [0.2, 0.25) is 0 Å². The van der Waals surface area contributed by atoms with Crippen molar-refractivity contribution < 1.29 is 13.9 Å². The molecule has 1 heterocycles. The molecule has 0 spiro atoms. The van der Waals surface area contributed by atoms with E-state index >= 15 is 0 Å². The van der Waals surface area contributed by atoms with Gasteiger partial charge in [-0.25, -0.2) is 4.79 Å². The van der Waals surface area contributed by atoms with Crippen molar-refractivity contribution in [2.24, 2.45) is 0 Å². The van der Waals surface area contributed by atoms with Crippen molar-refractivity contribution in [2.75, 3.05) is 11.9 Å². The highest BCUT2D eigenvalue weighted by atomic mass is 16.5. The van der Waals surface area contributed by atoms with Gasteiger partial charge in [-0.2, -0.15) is 10.2 Å². The van der Waals surface area contributed by atoms with Crippen LogP contribution in [0.25, 0.3) is 0 Å². The molecule has 0 unspecified atom stereocenters. The smallest absolute Gasteiger partial charge is 0.376 e. The van der Waals surface area contributed by atoms with Gasteiger partial charge in [0, 0.05) is 5.69 Å². The highest BCUT2D eigenvalue weighted by Gasteiger charge is 2.18. The number of aryl methyl sites for hydroxylation is 1. The first-order valence-electron chi connectivity index (χ1n) is 6.05. The average Bonchev–Trinajstić information content (AvgIpc) is 2.80. The van der Waals surface area contributed by atoms with Crippen LogP contribution in [0.5, 0.6) is 0 Å². The summed E-state index contributed by atoms with van der Waals surface area (Å²) < 4.78 is 10.2. The molecule has 0 saturated heterocycles. The summed E-state index contributed by atoms with van der Waals surface area (Å²) in [4.78, 5) is 15.7. The molecule has 0 radical (unpaired) electrons. The fourth-order valence-electron chi connectivity index (χ4n) is 1.63. The zero-order valence-corrected chi connectivity index (χ0v) is 11.1. The van der Waals surface area contributed by atoms with Crippen LogP contribution >= 0.6 is 0 Å². The highest BCUT2D eigenvalue weighted by molar-refractivity contribution is 5.87. The molecular formula is C14H13N3O3. The second kappa shape index (κ2) is 5.89. The largest absolute Gasteiger partial charge is 0.460 e. The van der Waals surface area contributed by atoms with Crippen molar-refractivity contribution in [1.29, 1.82) is 5.26 Å². The maximum Gasteiger partial charge on any atom is 0.376 e. The molecule has 1 aromatic carbocycles. The van der Waals surface area contributed by atoms with Crippen LogP contribution in [-0.4, -0.2) is 17.6 Å². The Morgan fingerprint density at radius 2 is 2.35 bits per heavy atom.